The average Bonchev–Trinajstić information content (AvgIpc) is 2.76. The molecule has 1 aromatic heterocycles. The van der Waals surface area contributed by atoms with Crippen LogP contribution in [0.1, 0.15) is 36.3 Å². The van der Waals surface area contributed by atoms with Gasteiger partial charge in [-0.2, -0.15) is 11.8 Å². The van der Waals surface area contributed by atoms with Crippen molar-refractivity contribution >= 4 is 23.6 Å². The number of likely N-dealkylation sites (N-methyl/N-ethyl adjacent to an activating group) is 1. The molecule has 3 N–H and O–H groups in total. The van der Waals surface area contributed by atoms with E-state index < -0.39 is 22.6 Å². The van der Waals surface area contributed by atoms with Crippen molar-refractivity contribution in [3.63, 3.8) is 0 Å². The molecule has 2 heterocycles. The number of nitrogens with one attached hydrogen (secondary N) is 2. The Morgan fingerprint density at radius 1 is 1.23 bits per heavy atom. The van der Waals surface area contributed by atoms with Crippen molar-refractivity contribution in [2.24, 2.45) is 0 Å². The molecule has 0 aliphatic carbocycles. The zero-order valence-electron chi connectivity index (χ0n) is 17.8. The Morgan fingerprint density at radius 2 is 1.90 bits per heavy atom. The van der Waals surface area contributed by atoms with Crippen LogP contribution >= 0.6 is 11.8 Å². The molecule has 0 radical (unpaired) electrons. The molecule has 1 aromatic carbocycles. The van der Waals surface area contributed by atoms with E-state index in [0.29, 0.717) is 25.0 Å². The molecule has 7 nitrogen and oxygen atoms in total. The third-order valence-corrected chi connectivity index (χ3v) is 6.64. The largest absolute Gasteiger partial charge is 0.502 e. The van der Waals surface area contributed by atoms with E-state index >= 15 is 0 Å². The smallest absolute Gasteiger partial charge is 0.242 e. The normalized spacial score (nSPS) is 16.3. The van der Waals surface area contributed by atoms with Crippen LogP contribution in [0.2, 0.25) is 0 Å². The number of benzene rings is 1. The van der Waals surface area contributed by atoms with Gasteiger partial charge in [-0.15, -0.1) is 0 Å². The SMILES string of the molecule is CNC(=O)C(Cc1ccccc1)NC(=O)CC1(c2oc(C)cc(=O)c2O)CCSCC1. The molecule has 1 saturated heterocycles. The summed E-state index contributed by atoms with van der Waals surface area (Å²) in [6.45, 7) is 1.65. The molecule has 31 heavy (non-hydrogen) atoms. The second kappa shape index (κ2) is 10.0. The minimum Gasteiger partial charge on any atom is -0.502 e. The number of hydrogen-bond acceptors (Lipinski definition) is 6. The second-order valence-electron chi connectivity index (χ2n) is 7.89. The first-order chi connectivity index (χ1) is 14.8. The second-order valence-corrected chi connectivity index (χ2v) is 9.12. The van der Waals surface area contributed by atoms with E-state index in [4.69, 9.17) is 4.42 Å². The summed E-state index contributed by atoms with van der Waals surface area (Å²) in [6.07, 6.45) is 1.57. The molecule has 1 fully saturated rings. The van der Waals surface area contributed by atoms with E-state index in [1.165, 1.54) is 13.1 Å². The molecule has 1 unspecified atom stereocenters. The van der Waals surface area contributed by atoms with Gasteiger partial charge in [0.25, 0.3) is 0 Å². The Morgan fingerprint density at radius 3 is 2.55 bits per heavy atom. The summed E-state index contributed by atoms with van der Waals surface area (Å²) in [5, 5.41) is 15.9. The zero-order valence-corrected chi connectivity index (χ0v) is 18.6. The third-order valence-electron chi connectivity index (χ3n) is 5.66. The van der Waals surface area contributed by atoms with Crippen LogP contribution in [0.5, 0.6) is 5.75 Å². The number of hydrogen-bond donors (Lipinski definition) is 3. The van der Waals surface area contributed by atoms with Crippen molar-refractivity contribution in [3.05, 3.63) is 63.7 Å². The molecule has 0 spiro atoms. The quantitative estimate of drug-likeness (QED) is 0.605. The minimum atomic E-state index is -0.787. The van der Waals surface area contributed by atoms with Crippen molar-refractivity contribution in [2.45, 2.75) is 44.1 Å². The van der Waals surface area contributed by atoms with Crippen LogP contribution in [-0.4, -0.2) is 41.5 Å². The van der Waals surface area contributed by atoms with Crippen LogP contribution in [0.3, 0.4) is 0 Å². The molecule has 2 aromatic rings. The van der Waals surface area contributed by atoms with Gasteiger partial charge in [0, 0.05) is 31.4 Å². The van der Waals surface area contributed by atoms with Gasteiger partial charge in [0.2, 0.25) is 23.0 Å². The summed E-state index contributed by atoms with van der Waals surface area (Å²) < 4.78 is 5.78. The fourth-order valence-corrected chi connectivity index (χ4v) is 5.27. The van der Waals surface area contributed by atoms with E-state index in [2.05, 4.69) is 10.6 Å². The number of carbonyl (C=O) groups is 2. The summed E-state index contributed by atoms with van der Waals surface area (Å²) in [4.78, 5) is 37.7. The summed E-state index contributed by atoms with van der Waals surface area (Å²) in [6, 6.07) is 9.98. The van der Waals surface area contributed by atoms with Crippen molar-refractivity contribution < 1.29 is 19.1 Å². The number of aryl methyl sites for hydroxylation is 1. The Bertz CT molecular complexity index is 983. The Hall–Kier alpha value is -2.74. The Labute approximate surface area is 185 Å². The zero-order chi connectivity index (χ0) is 22.4. The summed E-state index contributed by atoms with van der Waals surface area (Å²) >= 11 is 1.76. The highest BCUT2D eigenvalue weighted by Gasteiger charge is 2.42. The molecule has 2 amide bonds. The lowest BCUT2D eigenvalue weighted by Gasteiger charge is -2.36. The summed E-state index contributed by atoms with van der Waals surface area (Å²) in [5.41, 5.74) is -0.364. The molecule has 1 atom stereocenters. The molecule has 8 heteroatoms. The van der Waals surface area contributed by atoms with Gasteiger partial charge < -0.3 is 20.2 Å². The van der Waals surface area contributed by atoms with Crippen LogP contribution < -0.4 is 16.1 Å². The Balaban J connectivity index is 1.85. The highest BCUT2D eigenvalue weighted by atomic mass is 32.2. The number of rotatable bonds is 7. The van der Waals surface area contributed by atoms with Gasteiger partial charge in [-0.3, -0.25) is 14.4 Å². The standard InChI is InChI=1S/C23H28N2O5S/c1-15-12-18(26)20(28)21(30-15)23(8-10-31-11-9-23)14-19(27)25-17(22(29)24-2)13-16-6-4-3-5-7-16/h3-7,12,17,28H,8-11,13-14H2,1-2H3,(H,24,29)(H,25,27). The van der Waals surface area contributed by atoms with E-state index in [0.717, 1.165) is 17.1 Å². The van der Waals surface area contributed by atoms with E-state index in [-0.39, 0.29) is 24.0 Å². The van der Waals surface area contributed by atoms with Gasteiger partial charge in [0.05, 0.1) is 0 Å². The van der Waals surface area contributed by atoms with E-state index in [1.807, 2.05) is 30.3 Å². The maximum atomic E-state index is 13.1. The van der Waals surface area contributed by atoms with Gasteiger partial charge in [0.15, 0.2) is 5.76 Å². The highest BCUT2D eigenvalue weighted by Crippen LogP contribution is 2.44. The van der Waals surface area contributed by atoms with Crippen molar-refractivity contribution in [2.75, 3.05) is 18.6 Å². The fourth-order valence-electron chi connectivity index (χ4n) is 4.00. The lowest BCUT2D eigenvalue weighted by atomic mass is 9.75. The number of thioether (sulfide) groups is 1. The molecular weight excluding hydrogens is 416 g/mol. The number of amides is 2. The van der Waals surface area contributed by atoms with Crippen molar-refractivity contribution in [1.29, 1.82) is 0 Å². The summed E-state index contributed by atoms with van der Waals surface area (Å²) in [5.74, 6) is 1.10. The van der Waals surface area contributed by atoms with Gasteiger partial charge in [-0.1, -0.05) is 30.3 Å². The summed E-state index contributed by atoms with van der Waals surface area (Å²) in [7, 11) is 1.53. The van der Waals surface area contributed by atoms with Gasteiger partial charge in [-0.05, 0) is 36.8 Å². The Kier molecular flexibility index (Phi) is 7.43. The molecule has 0 saturated carbocycles. The van der Waals surface area contributed by atoms with Gasteiger partial charge in [-0.25, -0.2) is 0 Å². The van der Waals surface area contributed by atoms with Crippen LogP contribution in [0.4, 0.5) is 0 Å². The maximum absolute atomic E-state index is 13.1. The average molecular weight is 445 g/mol. The predicted molar refractivity (Wildman–Crippen MR) is 120 cm³/mol. The lowest BCUT2D eigenvalue weighted by molar-refractivity contribution is -0.129. The van der Waals surface area contributed by atoms with Crippen LogP contribution in [0, 0.1) is 6.92 Å². The molecule has 3 rings (SSSR count). The van der Waals surface area contributed by atoms with Gasteiger partial charge >= 0.3 is 0 Å². The van der Waals surface area contributed by atoms with Crippen LogP contribution in [0.25, 0.3) is 0 Å². The molecule has 1 aliphatic heterocycles. The van der Waals surface area contributed by atoms with E-state index in [1.54, 1.807) is 18.7 Å². The van der Waals surface area contributed by atoms with Crippen molar-refractivity contribution in [1.82, 2.24) is 10.6 Å². The first-order valence-electron chi connectivity index (χ1n) is 10.3. The number of aromatic hydroxyl groups is 1. The lowest BCUT2D eigenvalue weighted by Crippen LogP contribution is -2.49. The first-order valence-corrected chi connectivity index (χ1v) is 11.5. The van der Waals surface area contributed by atoms with Gasteiger partial charge in [0.1, 0.15) is 11.8 Å². The minimum absolute atomic E-state index is 0.0236. The fraction of sp³-hybridized carbons (Fsp3) is 0.435. The molecule has 0 bridgehead atoms. The first kappa shape index (κ1) is 22.9. The molecular formula is C23H28N2O5S. The molecule has 166 valence electrons. The predicted octanol–water partition coefficient (Wildman–Crippen LogP) is 2.28. The maximum Gasteiger partial charge on any atom is 0.242 e. The molecule has 1 aliphatic rings. The van der Waals surface area contributed by atoms with Crippen LogP contribution in [0.15, 0.2) is 45.6 Å². The monoisotopic (exact) mass is 444 g/mol. The number of carbonyl (C=O) groups excluding carboxylic acids is 2. The van der Waals surface area contributed by atoms with E-state index in [9.17, 15) is 19.5 Å². The third kappa shape index (κ3) is 5.50. The topological polar surface area (TPSA) is 109 Å². The van der Waals surface area contributed by atoms with Crippen LogP contribution in [-0.2, 0) is 21.4 Å². The van der Waals surface area contributed by atoms with Crippen molar-refractivity contribution in [3.8, 4) is 5.75 Å². The highest BCUT2D eigenvalue weighted by molar-refractivity contribution is 7.99.